The van der Waals surface area contributed by atoms with Gasteiger partial charge in [0.2, 0.25) is 0 Å². The average Bonchev–Trinajstić information content (AvgIpc) is 3.06. The summed E-state index contributed by atoms with van der Waals surface area (Å²) in [5.41, 5.74) is 4.49. The molecule has 0 spiro atoms. The van der Waals surface area contributed by atoms with Crippen molar-refractivity contribution < 1.29 is 9.72 Å². The number of aryl methyl sites for hydroxylation is 1. The summed E-state index contributed by atoms with van der Waals surface area (Å²) < 4.78 is 0. The van der Waals surface area contributed by atoms with E-state index in [2.05, 4.69) is 22.8 Å². The van der Waals surface area contributed by atoms with Gasteiger partial charge in [-0.25, -0.2) is 0 Å². The molecule has 1 amide bonds. The van der Waals surface area contributed by atoms with Crippen molar-refractivity contribution in [1.29, 1.82) is 0 Å². The van der Waals surface area contributed by atoms with Crippen LogP contribution in [-0.4, -0.2) is 10.8 Å². The van der Waals surface area contributed by atoms with Gasteiger partial charge in [0.15, 0.2) is 0 Å². The maximum atomic E-state index is 12.3. The van der Waals surface area contributed by atoms with Gasteiger partial charge in [0.1, 0.15) is 0 Å². The Hall–Kier alpha value is -2.73. The summed E-state index contributed by atoms with van der Waals surface area (Å²) in [6.45, 7) is 3.98. The SMILES string of the molecule is CCc1ccc(C(=O)NCc2ccc3c(c2)CNC3)cc1[N+](=O)[O-]. The summed E-state index contributed by atoms with van der Waals surface area (Å²) in [7, 11) is 0. The van der Waals surface area contributed by atoms with Gasteiger partial charge in [-0.15, -0.1) is 0 Å². The number of nitrogens with zero attached hydrogens (tertiary/aromatic N) is 1. The molecule has 2 aromatic carbocycles. The Morgan fingerprint density at radius 3 is 2.75 bits per heavy atom. The van der Waals surface area contributed by atoms with E-state index in [1.165, 1.54) is 17.2 Å². The first-order valence-electron chi connectivity index (χ1n) is 7.95. The molecular weight excluding hydrogens is 306 g/mol. The van der Waals surface area contributed by atoms with Gasteiger partial charge < -0.3 is 10.6 Å². The Labute approximate surface area is 140 Å². The first kappa shape index (κ1) is 16.1. The highest BCUT2D eigenvalue weighted by molar-refractivity contribution is 5.94. The van der Waals surface area contributed by atoms with E-state index in [9.17, 15) is 14.9 Å². The molecule has 1 aliphatic rings. The summed E-state index contributed by atoms with van der Waals surface area (Å²) in [4.78, 5) is 22.9. The van der Waals surface area contributed by atoms with Gasteiger partial charge in [0, 0.05) is 36.8 Å². The molecule has 0 aliphatic carbocycles. The lowest BCUT2D eigenvalue weighted by Gasteiger charge is -2.08. The van der Waals surface area contributed by atoms with E-state index in [4.69, 9.17) is 0 Å². The monoisotopic (exact) mass is 325 g/mol. The number of carbonyl (C=O) groups excluding carboxylic acids is 1. The molecule has 0 saturated heterocycles. The third-order valence-electron chi connectivity index (χ3n) is 4.28. The maximum Gasteiger partial charge on any atom is 0.273 e. The first-order valence-corrected chi connectivity index (χ1v) is 7.95. The van der Waals surface area contributed by atoms with E-state index >= 15 is 0 Å². The minimum absolute atomic E-state index is 0.00578. The van der Waals surface area contributed by atoms with Gasteiger partial charge in [-0.1, -0.05) is 31.2 Å². The minimum Gasteiger partial charge on any atom is -0.348 e. The molecule has 6 nitrogen and oxygen atoms in total. The van der Waals surface area contributed by atoms with Crippen LogP contribution >= 0.6 is 0 Å². The zero-order valence-corrected chi connectivity index (χ0v) is 13.5. The molecule has 6 heteroatoms. The maximum absolute atomic E-state index is 12.3. The number of amides is 1. The van der Waals surface area contributed by atoms with E-state index < -0.39 is 4.92 Å². The third kappa shape index (κ3) is 3.28. The van der Waals surface area contributed by atoms with Crippen molar-refractivity contribution in [2.75, 3.05) is 0 Å². The number of hydrogen-bond donors (Lipinski definition) is 2. The number of fused-ring (bicyclic) bond motifs is 1. The second-order valence-electron chi connectivity index (χ2n) is 5.84. The van der Waals surface area contributed by atoms with E-state index in [0.29, 0.717) is 24.1 Å². The molecule has 3 rings (SSSR count). The highest BCUT2D eigenvalue weighted by Crippen LogP contribution is 2.21. The Bertz CT molecular complexity index is 802. The second kappa shape index (κ2) is 6.80. The molecule has 0 atom stereocenters. The van der Waals surface area contributed by atoms with Crippen LogP contribution in [0.15, 0.2) is 36.4 Å². The zero-order valence-electron chi connectivity index (χ0n) is 13.5. The van der Waals surface area contributed by atoms with E-state index in [1.54, 1.807) is 12.1 Å². The number of rotatable bonds is 5. The number of benzene rings is 2. The molecule has 24 heavy (non-hydrogen) atoms. The lowest BCUT2D eigenvalue weighted by atomic mass is 10.1. The smallest absolute Gasteiger partial charge is 0.273 e. The number of nitro groups is 1. The van der Waals surface area contributed by atoms with Crippen LogP contribution in [0.5, 0.6) is 0 Å². The Morgan fingerprint density at radius 1 is 1.21 bits per heavy atom. The molecule has 1 heterocycles. The summed E-state index contributed by atoms with van der Waals surface area (Å²) in [5.74, 6) is -0.306. The van der Waals surface area contributed by atoms with Crippen molar-refractivity contribution >= 4 is 11.6 Å². The third-order valence-corrected chi connectivity index (χ3v) is 4.28. The average molecular weight is 325 g/mol. The number of hydrogen-bond acceptors (Lipinski definition) is 4. The van der Waals surface area contributed by atoms with E-state index in [0.717, 1.165) is 18.7 Å². The molecule has 0 radical (unpaired) electrons. The molecular formula is C18H19N3O3. The molecule has 124 valence electrons. The van der Waals surface area contributed by atoms with Crippen molar-refractivity contribution in [3.05, 3.63) is 74.3 Å². The van der Waals surface area contributed by atoms with Gasteiger partial charge in [-0.3, -0.25) is 14.9 Å². The summed E-state index contributed by atoms with van der Waals surface area (Å²) in [6.07, 6.45) is 0.557. The van der Waals surface area contributed by atoms with Crippen molar-refractivity contribution in [2.45, 2.75) is 33.0 Å². The lowest BCUT2D eigenvalue weighted by molar-refractivity contribution is -0.385. The molecule has 0 saturated carbocycles. The summed E-state index contributed by atoms with van der Waals surface area (Å²) in [6, 6.07) is 10.8. The van der Waals surface area contributed by atoms with Gasteiger partial charge in [0.25, 0.3) is 11.6 Å². The fraction of sp³-hybridized carbons (Fsp3) is 0.278. The molecule has 2 aromatic rings. The van der Waals surface area contributed by atoms with Crippen LogP contribution in [0, 0.1) is 10.1 Å². The van der Waals surface area contributed by atoms with Crippen LogP contribution in [0.25, 0.3) is 0 Å². The van der Waals surface area contributed by atoms with Crippen molar-refractivity contribution in [3.63, 3.8) is 0 Å². The number of nitrogens with one attached hydrogen (secondary N) is 2. The Morgan fingerprint density at radius 2 is 2.00 bits per heavy atom. The van der Waals surface area contributed by atoms with E-state index in [1.807, 2.05) is 13.0 Å². The number of nitro benzene ring substituents is 1. The first-order chi connectivity index (χ1) is 11.6. The number of carbonyl (C=O) groups is 1. The predicted octanol–water partition coefficient (Wildman–Crippen LogP) is 2.69. The second-order valence-corrected chi connectivity index (χ2v) is 5.84. The molecule has 1 aliphatic heterocycles. The minimum atomic E-state index is -0.441. The van der Waals surface area contributed by atoms with E-state index in [-0.39, 0.29) is 11.6 Å². The lowest BCUT2D eigenvalue weighted by Crippen LogP contribution is -2.23. The molecule has 0 aromatic heterocycles. The zero-order chi connectivity index (χ0) is 17.1. The highest BCUT2D eigenvalue weighted by Gasteiger charge is 2.16. The Balaban J connectivity index is 1.71. The van der Waals surface area contributed by atoms with Crippen molar-refractivity contribution in [3.8, 4) is 0 Å². The van der Waals surface area contributed by atoms with Crippen LogP contribution in [0.4, 0.5) is 5.69 Å². The fourth-order valence-corrected chi connectivity index (χ4v) is 2.92. The van der Waals surface area contributed by atoms with Gasteiger partial charge >= 0.3 is 0 Å². The van der Waals surface area contributed by atoms with Crippen LogP contribution in [0.2, 0.25) is 0 Å². The highest BCUT2D eigenvalue weighted by atomic mass is 16.6. The molecule has 0 bridgehead atoms. The van der Waals surface area contributed by atoms with Crippen LogP contribution in [0.3, 0.4) is 0 Å². The van der Waals surface area contributed by atoms with Crippen LogP contribution < -0.4 is 10.6 Å². The molecule has 0 unspecified atom stereocenters. The van der Waals surface area contributed by atoms with Gasteiger partial charge in [0.05, 0.1) is 4.92 Å². The van der Waals surface area contributed by atoms with Gasteiger partial charge in [-0.2, -0.15) is 0 Å². The fourth-order valence-electron chi connectivity index (χ4n) is 2.92. The summed E-state index contributed by atoms with van der Waals surface area (Å²) >= 11 is 0. The molecule has 2 N–H and O–H groups in total. The Kier molecular flexibility index (Phi) is 4.57. The van der Waals surface area contributed by atoms with Crippen LogP contribution in [-0.2, 0) is 26.1 Å². The molecule has 0 fully saturated rings. The predicted molar refractivity (Wildman–Crippen MR) is 90.6 cm³/mol. The van der Waals surface area contributed by atoms with Crippen molar-refractivity contribution in [1.82, 2.24) is 10.6 Å². The van der Waals surface area contributed by atoms with Crippen LogP contribution in [0.1, 0.15) is 39.5 Å². The standard InChI is InChI=1S/C18H19N3O3/c1-2-13-5-6-14(8-17(13)21(23)24)18(22)20-9-12-3-4-15-10-19-11-16(15)7-12/h3-8,19H,2,9-11H2,1H3,(H,20,22). The largest absolute Gasteiger partial charge is 0.348 e. The van der Waals surface area contributed by atoms with Gasteiger partial charge in [-0.05, 0) is 29.2 Å². The quantitative estimate of drug-likeness (QED) is 0.654. The summed E-state index contributed by atoms with van der Waals surface area (Å²) in [5, 5.41) is 17.2. The van der Waals surface area contributed by atoms with Crippen molar-refractivity contribution in [2.24, 2.45) is 0 Å². The topological polar surface area (TPSA) is 84.3 Å². The normalized spacial score (nSPS) is 12.7.